The summed E-state index contributed by atoms with van der Waals surface area (Å²) < 4.78 is 2.04. The predicted molar refractivity (Wildman–Crippen MR) is 86.4 cm³/mol. The molecule has 1 aromatic heterocycles. The number of rotatable bonds is 4. The molecule has 0 aliphatic heterocycles. The van der Waals surface area contributed by atoms with E-state index in [9.17, 15) is 0 Å². The lowest BCUT2D eigenvalue weighted by molar-refractivity contribution is 0.419. The third-order valence-electron chi connectivity index (χ3n) is 4.00. The van der Waals surface area contributed by atoms with Crippen LogP contribution in [-0.2, 0) is 25.9 Å². The predicted octanol–water partition coefficient (Wildman–Crippen LogP) is 3.31. The van der Waals surface area contributed by atoms with E-state index in [1.165, 1.54) is 36.0 Å². The summed E-state index contributed by atoms with van der Waals surface area (Å²) in [7, 11) is 0. The van der Waals surface area contributed by atoms with Crippen molar-refractivity contribution in [1.82, 2.24) is 15.1 Å². The molecule has 1 aliphatic carbocycles. The summed E-state index contributed by atoms with van der Waals surface area (Å²) in [6, 6.07) is 9.01. The molecule has 3 rings (SSSR count). The molecule has 0 saturated heterocycles. The lowest BCUT2D eigenvalue weighted by atomic mass is 10.1. The van der Waals surface area contributed by atoms with Crippen LogP contribution in [0.3, 0.4) is 0 Å². The molecular formula is C18H25N3. The highest BCUT2D eigenvalue weighted by Crippen LogP contribution is 2.23. The first-order valence-electron chi connectivity index (χ1n) is 7.88. The Bertz CT molecular complexity index is 620. The van der Waals surface area contributed by atoms with Crippen molar-refractivity contribution in [2.75, 3.05) is 0 Å². The Kier molecular flexibility index (Phi) is 3.85. The van der Waals surface area contributed by atoms with Gasteiger partial charge in [-0.15, -0.1) is 0 Å². The zero-order valence-corrected chi connectivity index (χ0v) is 13.3. The van der Waals surface area contributed by atoms with Gasteiger partial charge in [-0.05, 0) is 62.8 Å². The Morgan fingerprint density at radius 1 is 1.14 bits per heavy atom. The molecule has 0 saturated carbocycles. The maximum atomic E-state index is 4.66. The molecule has 3 heteroatoms. The Morgan fingerprint density at radius 2 is 1.95 bits per heavy atom. The van der Waals surface area contributed by atoms with E-state index in [2.05, 4.69) is 61.6 Å². The summed E-state index contributed by atoms with van der Waals surface area (Å²) in [6.07, 6.45) is 5.87. The summed E-state index contributed by atoms with van der Waals surface area (Å²) in [5.41, 5.74) is 5.66. The number of nitrogens with zero attached hydrogens (tertiary/aromatic N) is 2. The van der Waals surface area contributed by atoms with E-state index in [1.807, 2.05) is 4.68 Å². The van der Waals surface area contributed by atoms with Gasteiger partial charge < -0.3 is 5.32 Å². The van der Waals surface area contributed by atoms with Crippen LogP contribution in [0.5, 0.6) is 0 Å². The Balaban J connectivity index is 1.64. The van der Waals surface area contributed by atoms with Crippen LogP contribution in [0.25, 0.3) is 0 Å². The van der Waals surface area contributed by atoms with Crippen molar-refractivity contribution in [3.05, 3.63) is 52.8 Å². The highest BCUT2D eigenvalue weighted by Gasteiger charge is 2.12. The van der Waals surface area contributed by atoms with Crippen molar-refractivity contribution in [3.8, 4) is 0 Å². The standard InChI is InChI=1S/C18H25N3/c1-18(2,3)19-12-17-9-10-21(20-17)13-14-7-8-15-5-4-6-16(15)11-14/h7-11,19H,4-6,12-13H2,1-3H3. The van der Waals surface area contributed by atoms with Crippen molar-refractivity contribution in [3.63, 3.8) is 0 Å². The van der Waals surface area contributed by atoms with E-state index in [1.54, 1.807) is 0 Å². The van der Waals surface area contributed by atoms with Crippen molar-refractivity contribution in [2.24, 2.45) is 0 Å². The minimum Gasteiger partial charge on any atom is -0.306 e. The summed E-state index contributed by atoms with van der Waals surface area (Å²) in [5.74, 6) is 0. The molecule has 0 fully saturated rings. The van der Waals surface area contributed by atoms with Crippen LogP contribution in [0.1, 0.15) is 49.6 Å². The van der Waals surface area contributed by atoms with Crippen molar-refractivity contribution in [2.45, 2.75) is 58.7 Å². The van der Waals surface area contributed by atoms with E-state index in [-0.39, 0.29) is 5.54 Å². The lowest BCUT2D eigenvalue weighted by Crippen LogP contribution is -2.35. The van der Waals surface area contributed by atoms with Gasteiger partial charge in [-0.3, -0.25) is 4.68 Å². The SMILES string of the molecule is CC(C)(C)NCc1ccn(Cc2ccc3c(c2)CCC3)n1. The van der Waals surface area contributed by atoms with Gasteiger partial charge in [0.1, 0.15) is 0 Å². The van der Waals surface area contributed by atoms with Gasteiger partial charge in [-0.2, -0.15) is 5.10 Å². The van der Waals surface area contributed by atoms with Crippen molar-refractivity contribution >= 4 is 0 Å². The monoisotopic (exact) mass is 283 g/mol. The number of hydrogen-bond donors (Lipinski definition) is 1. The first-order valence-corrected chi connectivity index (χ1v) is 7.88. The largest absolute Gasteiger partial charge is 0.306 e. The first kappa shape index (κ1) is 14.3. The molecule has 1 aliphatic rings. The molecule has 1 aromatic carbocycles. The van der Waals surface area contributed by atoms with Gasteiger partial charge in [0, 0.05) is 18.3 Å². The quantitative estimate of drug-likeness (QED) is 0.933. The zero-order valence-electron chi connectivity index (χ0n) is 13.3. The van der Waals surface area contributed by atoms with Crippen LogP contribution in [0.2, 0.25) is 0 Å². The van der Waals surface area contributed by atoms with Gasteiger partial charge in [0.25, 0.3) is 0 Å². The Hall–Kier alpha value is -1.61. The fourth-order valence-corrected chi connectivity index (χ4v) is 2.85. The fraction of sp³-hybridized carbons (Fsp3) is 0.500. The second-order valence-electron chi connectivity index (χ2n) is 7.06. The topological polar surface area (TPSA) is 29.9 Å². The molecule has 3 nitrogen and oxygen atoms in total. The molecule has 0 amide bonds. The normalized spacial score (nSPS) is 14.4. The fourth-order valence-electron chi connectivity index (χ4n) is 2.85. The van der Waals surface area contributed by atoms with Crippen LogP contribution in [-0.4, -0.2) is 15.3 Å². The summed E-state index contributed by atoms with van der Waals surface area (Å²) in [4.78, 5) is 0. The van der Waals surface area contributed by atoms with Gasteiger partial charge in [0.2, 0.25) is 0 Å². The molecule has 0 unspecified atom stereocenters. The minimum absolute atomic E-state index is 0.129. The third kappa shape index (κ3) is 3.73. The van der Waals surface area contributed by atoms with Crippen LogP contribution in [0, 0.1) is 0 Å². The van der Waals surface area contributed by atoms with Crippen molar-refractivity contribution in [1.29, 1.82) is 0 Å². The summed E-state index contributed by atoms with van der Waals surface area (Å²) in [5, 5.41) is 8.13. The Morgan fingerprint density at radius 3 is 2.76 bits per heavy atom. The number of fused-ring (bicyclic) bond motifs is 1. The van der Waals surface area contributed by atoms with Gasteiger partial charge >= 0.3 is 0 Å². The van der Waals surface area contributed by atoms with Crippen LogP contribution >= 0.6 is 0 Å². The molecule has 21 heavy (non-hydrogen) atoms. The number of benzene rings is 1. The molecule has 0 bridgehead atoms. The maximum absolute atomic E-state index is 4.66. The van der Waals surface area contributed by atoms with E-state index < -0.39 is 0 Å². The highest BCUT2D eigenvalue weighted by molar-refractivity contribution is 5.35. The maximum Gasteiger partial charge on any atom is 0.0762 e. The molecule has 1 N–H and O–H groups in total. The molecule has 2 aromatic rings. The number of hydrogen-bond acceptors (Lipinski definition) is 2. The second kappa shape index (κ2) is 5.64. The molecule has 0 radical (unpaired) electrons. The van der Waals surface area contributed by atoms with Crippen LogP contribution in [0.15, 0.2) is 30.5 Å². The first-order chi connectivity index (χ1) is 9.99. The average Bonchev–Trinajstić information content (AvgIpc) is 3.04. The van der Waals surface area contributed by atoms with Gasteiger partial charge in [-0.25, -0.2) is 0 Å². The molecule has 0 spiro atoms. The lowest BCUT2D eigenvalue weighted by Gasteiger charge is -2.19. The van der Waals surface area contributed by atoms with Gasteiger partial charge in [0.05, 0.1) is 12.2 Å². The summed E-state index contributed by atoms with van der Waals surface area (Å²) in [6.45, 7) is 8.21. The number of aryl methyl sites for hydroxylation is 2. The number of aromatic nitrogens is 2. The van der Waals surface area contributed by atoms with E-state index in [0.29, 0.717) is 0 Å². The van der Waals surface area contributed by atoms with E-state index in [4.69, 9.17) is 0 Å². The molecule has 1 heterocycles. The van der Waals surface area contributed by atoms with E-state index >= 15 is 0 Å². The van der Waals surface area contributed by atoms with E-state index in [0.717, 1.165) is 18.8 Å². The van der Waals surface area contributed by atoms with Crippen LogP contribution in [0.4, 0.5) is 0 Å². The third-order valence-corrected chi connectivity index (χ3v) is 4.00. The van der Waals surface area contributed by atoms with Crippen LogP contribution < -0.4 is 5.32 Å². The second-order valence-corrected chi connectivity index (χ2v) is 7.06. The van der Waals surface area contributed by atoms with Gasteiger partial charge in [0.15, 0.2) is 0 Å². The molecule has 0 atom stereocenters. The average molecular weight is 283 g/mol. The zero-order chi connectivity index (χ0) is 14.9. The van der Waals surface area contributed by atoms with Gasteiger partial charge in [-0.1, -0.05) is 18.2 Å². The van der Waals surface area contributed by atoms with Crippen molar-refractivity contribution < 1.29 is 0 Å². The molecular weight excluding hydrogens is 258 g/mol. The minimum atomic E-state index is 0.129. The summed E-state index contributed by atoms with van der Waals surface area (Å²) >= 11 is 0. The molecule has 112 valence electrons. The smallest absolute Gasteiger partial charge is 0.0762 e. The number of nitrogens with one attached hydrogen (secondary N) is 1. The Labute approximate surface area is 127 Å². The highest BCUT2D eigenvalue weighted by atomic mass is 15.3.